The molecule has 1 N–H and O–H groups in total. The summed E-state index contributed by atoms with van der Waals surface area (Å²) < 4.78 is 0. The van der Waals surface area contributed by atoms with Gasteiger partial charge in [0.05, 0.1) is 11.3 Å². The van der Waals surface area contributed by atoms with Gasteiger partial charge in [-0.3, -0.25) is 14.5 Å². The quantitative estimate of drug-likeness (QED) is 0.804. The second-order valence-electron chi connectivity index (χ2n) is 9.33. The van der Waals surface area contributed by atoms with Crippen LogP contribution in [0.4, 0.5) is 5.69 Å². The van der Waals surface area contributed by atoms with Crippen LogP contribution < -0.4 is 10.2 Å². The second kappa shape index (κ2) is 8.94. The smallest absolute Gasteiger partial charge is 0.257 e. The number of likely N-dealkylation sites (tertiary alicyclic amines) is 1. The molecule has 5 rings (SSSR count). The number of nitrogens with zero attached hydrogens (tertiary/aromatic N) is 3. The predicted molar refractivity (Wildman–Crippen MR) is 126 cm³/mol. The van der Waals surface area contributed by atoms with Crippen molar-refractivity contribution < 1.29 is 9.59 Å². The molecule has 0 bridgehead atoms. The molecule has 0 aromatic heterocycles. The fourth-order valence-electron chi connectivity index (χ4n) is 5.36. The number of fused-ring (bicyclic) bond motifs is 2. The van der Waals surface area contributed by atoms with Crippen LogP contribution in [-0.4, -0.2) is 60.5 Å². The molecule has 2 saturated heterocycles. The Kier molecular flexibility index (Phi) is 5.87. The molecule has 2 amide bonds. The minimum atomic E-state index is -0.0405. The third-order valence-electron chi connectivity index (χ3n) is 7.22. The van der Waals surface area contributed by atoms with E-state index in [9.17, 15) is 9.59 Å². The van der Waals surface area contributed by atoms with Crippen LogP contribution >= 0.6 is 0 Å². The first-order valence-electron chi connectivity index (χ1n) is 11.8. The molecular weight excluding hydrogens is 400 g/mol. The van der Waals surface area contributed by atoms with E-state index in [0.717, 1.165) is 64.0 Å². The zero-order valence-electron chi connectivity index (χ0n) is 18.8. The second-order valence-corrected chi connectivity index (χ2v) is 9.33. The van der Waals surface area contributed by atoms with Gasteiger partial charge >= 0.3 is 0 Å². The van der Waals surface area contributed by atoms with Crippen LogP contribution in [0.5, 0.6) is 0 Å². The Labute approximate surface area is 190 Å². The van der Waals surface area contributed by atoms with Gasteiger partial charge in [-0.05, 0) is 55.9 Å². The predicted octanol–water partition coefficient (Wildman–Crippen LogP) is 3.48. The Morgan fingerprint density at radius 1 is 1.00 bits per heavy atom. The lowest BCUT2D eigenvalue weighted by Crippen LogP contribution is -2.55. The van der Waals surface area contributed by atoms with Crippen molar-refractivity contribution >= 4 is 17.5 Å². The molecule has 0 aliphatic carbocycles. The van der Waals surface area contributed by atoms with Crippen molar-refractivity contribution in [2.75, 3.05) is 31.6 Å². The van der Waals surface area contributed by atoms with Crippen molar-refractivity contribution in [3.63, 3.8) is 0 Å². The number of carbonyl (C=O) groups is 2. The summed E-state index contributed by atoms with van der Waals surface area (Å²) in [6.45, 7) is 3.75. The summed E-state index contributed by atoms with van der Waals surface area (Å²) in [5.41, 5.74) is 3.55. The molecular formula is C26H32N4O2. The van der Waals surface area contributed by atoms with Crippen LogP contribution in [0.15, 0.2) is 48.5 Å². The Hall–Kier alpha value is -2.86. The summed E-state index contributed by atoms with van der Waals surface area (Å²) in [5, 5.41) is 3.23. The lowest BCUT2D eigenvalue weighted by Gasteiger charge is -2.46. The highest BCUT2D eigenvalue weighted by Crippen LogP contribution is 2.34. The molecule has 3 aliphatic rings. The zero-order chi connectivity index (χ0) is 22.1. The molecule has 0 radical (unpaired) electrons. The van der Waals surface area contributed by atoms with E-state index in [1.54, 1.807) is 6.07 Å². The van der Waals surface area contributed by atoms with Crippen molar-refractivity contribution in [3.8, 4) is 0 Å². The SMILES string of the molecule is CN1c2cc(C(=O)NC3CCN(Cc4ccccc4)CC3)ccc2C(=O)N2CCCC[C@@H]21. The molecule has 2 aromatic rings. The molecule has 2 aromatic carbocycles. The maximum absolute atomic E-state index is 13.0. The molecule has 0 unspecified atom stereocenters. The van der Waals surface area contributed by atoms with E-state index in [-0.39, 0.29) is 24.0 Å². The average Bonchev–Trinajstić information content (AvgIpc) is 2.84. The van der Waals surface area contributed by atoms with Crippen LogP contribution in [-0.2, 0) is 6.54 Å². The van der Waals surface area contributed by atoms with Crippen molar-refractivity contribution in [1.82, 2.24) is 15.1 Å². The summed E-state index contributed by atoms with van der Waals surface area (Å²) in [6, 6.07) is 16.3. The zero-order valence-corrected chi connectivity index (χ0v) is 18.8. The van der Waals surface area contributed by atoms with E-state index in [0.29, 0.717) is 11.1 Å². The fraction of sp³-hybridized carbons (Fsp3) is 0.462. The number of carbonyl (C=O) groups excluding carboxylic acids is 2. The van der Waals surface area contributed by atoms with Gasteiger partial charge in [-0.15, -0.1) is 0 Å². The maximum atomic E-state index is 13.0. The fourth-order valence-corrected chi connectivity index (χ4v) is 5.36. The van der Waals surface area contributed by atoms with E-state index in [2.05, 4.69) is 39.4 Å². The number of hydrogen-bond donors (Lipinski definition) is 1. The normalized spacial score (nSPS) is 21.8. The number of anilines is 1. The largest absolute Gasteiger partial charge is 0.354 e. The van der Waals surface area contributed by atoms with Gasteiger partial charge in [0, 0.05) is 44.8 Å². The van der Waals surface area contributed by atoms with Crippen LogP contribution in [0.3, 0.4) is 0 Å². The van der Waals surface area contributed by atoms with Gasteiger partial charge in [0.1, 0.15) is 6.17 Å². The average molecular weight is 433 g/mol. The highest BCUT2D eigenvalue weighted by molar-refractivity contribution is 6.04. The van der Waals surface area contributed by atoms with Gasteiger partial charge in [0.15, 0.2) is 0 Å². The number of piperidine rings is 2. The van der Waals surface area contributed by atoms with Gasteiger partial charge in [-0.1, -0.05) is 30.3 Å². The van der Waals surface area contributed by atoms with E-state index >= 15 is 0 Å². The van der Waals surface area contributed by atoms with E-state index < -0.39 is 0 Å². The van der Waals surface area contributed by atoms with Gasteiger partial charge < -0.3 is 15.1 Å². The Morgan fingerprint density at radius 2 is 1.78 bits per heavy atom. The third-order valence-corrected chi connectivity index (χ3v) is 7.22. The number of hydrogen-bond acceptors (Lipinski definition) is 4. The van der Waals surface area contributed by atoms with Gasteiger partial charge in [-0.2, -0.15) is 0 Å². The van der Waals surface area contributed by atoms with Crippen molar-refractivity contribution in [3.05, 3.63) is 65.2 Å². The minimum absolute atomic E-state index is 0.0405. The lowest BCUT2D eigenvalue weighted by molar-refractivity contribution is 0.0589. The van der Waals surface area contributed by atoms with E-state index in [1.807, 2.05) is 30.1 Å². The molecule has 0 spiro atoms. The Balaban J connectivity index is 1.21. The van der Waals surface area contributed by atoms with Crippen molar-refractivity contribution in [2.45, 2.75) is 50.9 Å². The molecule has 3 heterocycles. The topological polar surface area (TPSA) is 55.9 Å². The maximum Gasteiger partial charge on any atom is 0.257 e. The van der Waals surface area contributed by atoms with E-state index in [4.69, 9.17) is 0 Å². The first-order chi connectivity index (χ1) is 15.6. The summed E-state index contributed by atoms with van der Waals surface area (Å²) >= 11 is 0. The first kappa shape index (κ1) is 21.0. The number of amides is 2. The minimum Gasteiger partial charge on any atom is -0.354 e. The molecule has 168 valence electrons. The van der Waals surface area contributed by atoms with Crippen molar-refractivity contribution in [2.24, 2.45) is 0 Å². The van der Waals surface area contributed by atoms with Gasteiger partial charge in [-0.25, -0.2) is 0 Å². The number of rotatable bonds is 4. The summed E-state index contributed by atoms with van der Waals surface area (Å²) in [6.07, 6.45) is 5.21. The molecule has 6 nitrogen and oxygen atoms in total. The summed E-state index contributed by atoms with van der Waals surface area (Å²) in [4.78, 5) is 32.6. The van der Waals surface area contributed by atoms with E-state index in [1.165, 1.54) is 5.56 Å². The van der Waals surface area contributed by atoms with Gasteiger partial charge in [0.2, 0.25) is 0 Å². The number of nitrogens with one attached hydrogen (secondary N) is 1. The van der Waals surface area contributed by atoms with Crippen molar-refractivity contribution in [1.29, 1.82) is 0 Å². The molecule has 0 saturated carbocycles. The molecule has 6 heteroatoms. The first-order valence-corrected chi connectivity index (χ1v) is 11.8. The Bertz CT molecular complexity index is 985. The highest BCUT2D eigenvalue weighted by atomic mass is 16.2. The van der Waals surface area contributed by atoms with Gasteiger partial charge in [0.25, 0.3) is 11.8 Å². The van der Waals surface area contributed by atoms with Crippen LogP contribution in [0.2, 0.25) is 0 Å². The monoisotopic (exact) mass is 432 g/mol. The summed E-state index contributed by atoms with van der Waals surface area (Å²) in [5.74, 6) is 0.0572. The molecule has 32 heavy (non-hydrogen) atoms. The molecule has 3 aliphatic heterocycles. The van der Waals surface area contributed by atoms with Crippen LogP contribution in [0.1, 0.15) is 58.4 Å². The molecule has 2 fully saturated rings. The summed E-state index contributed by atoms with van der Waals surface area (Å²) in [7, 11) is 2.04. The van der Waals surface area contributed by atoms with Crippen LogP contribution in [0, 0.1) is 0 Å². The highest BCUT2D eigenvalue weighted by Gasteiger charge is 2.37. The standard InChI is InChI=1S/C26H32N4O2/c1-28-23-17-20(10-11-22(23)26(32)30-14-6-5-9-24(28)30)25(31)27-21-12-15-29(16-13-21)18-19-7-3-2-4-8-19/h2-4,7-8,10-11,17,21,24H,5-6,9,12-16,18H2,1H3,(H,27,31)/t24-/m1/s1. The number of benzene rings is 2. The molecule has 1 atom stereocenters. The third kappa shape index (κ3) is 4.11. The van der Waals surface area contributed by atoms with Crippen LogP contribution in [0.25, 0.3) is 0 Å². The Morgan fingerprint density at radius 3 is 2.56 bits per heavy atom. The lowest BCUT2D eigenvalue weighted by atomic mass is 9.97.